The largest absolute Gasteiger partial charge is 0.389 e. The molecule has 1 N–H and O–H groups in total. The van der Waals surface area contributed by atoms with Crippen molar-refractivity contribution in [3.8, 4) is 0 Å². The van der Waals surface area contributed by atoms with Crippen LogP contribution in [-0.4, -0.2) is 11.2 Å². The van der Waals surface area contributed by atoms with Gasteiger partial charge in [0, 0.05) is 0 Å². The molecule has 68 valence electrons. The van der Waals surface area contributed by atoms with Gasteiger partial charge in [-0.3, -0.25) is 0 Å². The Morgan fingerprint density at radius 2 is 2.00 bits per heavy atom. The number of benzene rings is 1. The van der Waals surface area contributed by atoms with Crippen LogP contribution in [0.2, 0.25) is 0 Å². The molecular weight excluding hydrogens is 160 g/mol. The van der Waals surface area contributed by atoms with Crippen LogP contribution in [0.3, 0.4) is 0 Å². The molecule has 1 heteroatoms. The van der Waals surface area contributed by atoms with Crippen molar-refractivity contribution in [1.82, 2.24) is 0 Å². The molecule has 0 heterocycles. The highest BCUT2D eigenvalue weighted by Crippen LogP contribution is 2.26. The van der Waals surface area contributed by atoms with Crippen LogP contribution < -0.4 is 0 Å². The Labute approximate surface area is 78.7 Å². The molecule has 0 bridgehead atoms. The molecule has 0 saturated heterocycles. The van der Waals surface area contributed by atoms with E-state index in [1.165, 1.54) is 11.1 Å². The van der Waals surface area contributed by atoms with E-state index in [0.29, 0.717) is 0 Å². The van der Waals surface area contributed by atoms with Crippen LogP contribution >= 0.6 is 0 Å². The number of rotatable bonds is 1. The smallest absolute Gasteiger partial charge is 0.0753 e. The predicted molar refractivity (Wildman–Crippen MR) is 54.3 cm³/mol. The van der Waals surface area contributed by atoms with Gasteiger partial charge in [0.05, 0.1) is 6.10 Å². The Hall–Kier alpha value is -1.08. The van der Waals surface area contributed by atoms with Gasteiger partial charge in [0.2, 0.25) is 0 Å². The molecule has 1 aliphatic carbocycles. The average Bonchev–Trinajstić information content (AvgIpc) is 2.54. The Balaban J connectivity index is 2.20. The van der Waals surface area contributed by atoms with Gasteiger partial charge in [0.1, 0.15) is 0 Å². The van der Waals surface area contributed by atoms with Crippen molar-refractivity contribution >= 4 is 6.08 Å². The standard InChI is InChI=1S/C12H14O/c13-12-8-4-7-11(12)9-10-5-2-1-3-6-10/h1-3,5-6,9,12-13H,4,7-8H2/b11-9+/t12-/m0/s1. The van der Waals surface area contributed by atoms with Crippen molar-refractivity contribution < 1.29 is 5.11 Å². The first-order chi connectivity index (χ1) is 6.36. The van der Waals surface area contributed by atoms with E-state index >= 15 is 0 Å². The lowest BCUT2D eigenvalue weighted by molar-refractivity contribution is 0.219. The SMILES string of the molecule is O[C@H]1CCC/C1=C\c1ccccc1. The van der Waals surface area contributed by atoms with Crippen molar-refractivity contribution in [1.29, 1.82) is 0 Å². The monoisotopic (exact) mass is 174 g/mol. The molecule has 0 radical (unpaired) electrons. The number of aliphatic hydroxyl groups is 1. The highest BCUT2D eigenvalue weighted by Gasteiger charge is 2.17. The first-order valence-corrected chi connectivity index (χ1v) is 4.80. The van der Waals surface area contributed by atoms with Gasteiger partial charge in [-0.2, -0.15) is 0 Å². The quantitative estimate of drug-likeness (QED) is 0.694. The zero-order valence-electron chi connectivity index (χ0n) is 7.61. The summed E-state index contributed by atoms with van der Waals surface area (Å²) in [6.07, 6.45) is 5.02. The summed E-state index contributed by atoms with van der Waals surface area (Å²) in [6.45, 7) is 0. The molecule has 1 saturated carbocycles. The zero-order valence-corrected chi connectivity index (χ0v) is 7.61. The summed E-state index contributed by atoms with van der Waals surface area (Å²) < 4.78 is 0. The van der Waals surface area contributed by atoms with Crippen LogP contribution in [-0.2, 0) is 0 Å². The summed E-state index contributed by atoms with van der Waals surface area (Å²) in [5, 5.41) is 9.58. The Morgan fingerprint density at radius 1 is 1.23 bits per heavy atom. The van der Waals surface area contributed by atoms with Gasteiger partial charge >= 0.3 is 0 Å². The van der Waals surface area contributed by atoms with Crippen molar-refractivity contribution in [3.63, 3.8) is 0 Å². The third kappa shape index (κ3) is 1.99. The van der Waals surface area contributed by atoms with Crippen molar-refractivity contribution in [2.75, 3.05) is 0 Å². The van der Waals surface area contributed by atoms with Crippen LogP contribution in [0.1, 0.15) is 24.8 Å². The highest BCUT2D eigenvalue weighted by atomic mass is 16.3. The first kappa shape index (κ1) is 8.52. The lowest BCUT2D eigenvalue weighted by Gasteiger charge is -2.03. The van der Waals surface area contributed by atoms with Gasteiger partial charge in [-0.15, -0.1) is 0 Å². The summed E-state index contributed by atoms with van der Waals surface area (Å²) in [5.74, 6) is 0. The topological polar surface area (TPSA) is 20.2 Å². The lowest BCUT2D eigenvalue weighted by atomic mass is 10.1. The maximum absolute atomic E-state index is 9.58. The van der Waals surface area contributed by atoms with E-state index in [9.17, 15) is 5.11 Å². The first-order valence-electron chi connectivity index (χ1n) is 4.80. The third-order valence-electron chi connectivity index (χ3n) is 2.52. The summed E-state index contributed by atoms with van der Waals surface area (Å²) in [7, 11) is 0. The normalized spacial score (nSPS) is 25.3. The molecule has 0 spiro atoms. The summed E-state index contributed by atoms with van der Waals surface area (Å²) in [4.78, 5) is 0. The van der Waals surface area contributed by atoms with Gasteiger partial charge in [0.15, 0.2) is 0 Å². The lowest BCUT2D eigenvalue weighted by Crippen LogP contribution is -2.00. The minimum Gasteiger partial charge on any atom is -0.389 e. The van der Waals surface area contributed by atoms with E-state index in [0.717, 1.165) is 19.3 Å². The second-order valence-electron chi connectivity index (χ2n) is 3.54. The molecule has 0 unspecified atom stereocenters. The van der Waals surface area contributed by atoms with Crippen LogP contribution in [0.4, 0.5) is 0 Å². The van der Waals surface area contributed by atoms with Crippen LogP contribution in [0.15, 0.2) is 35.9 Å². The number of hydrogen-bond donors (Lipinski definition) is 1. The average molecular weight is 174 g/mol. The summed E-state index contributed by atoms with van der Waals surface area (Å²) in [6, 6.07) is 10.2. The highest BCUT2D eigenvalue weighted by molar-refractivity contribution is 5.54. The van der Waals surface area contributed by atoms with Crippen LogP contribution in [0.25, 0.3) is 6.08 Å². The van der Waals surface area contributed by atoms with E-state index in [-0.39, 0.29) is 6.10 Å². The fourth-order valence-electron chi connectivity index (χ4n) is 1.78. The van der Waals surface area contributed by atoms with Crippen molar-refractivity contribution in [2.24, 2.45) is 0 Å². The van der Waals surface area contributed by atoms with E-state index in [4.69, 9.17) is 0 Å². The third-order valence-corrected chi connectivity index (χ3v) is 2.52. The van der Waals surface area contributed by atoms with E-state index in [1.54, 1.807) is 0 Å². The van der Waals surface area contributed by atoms with Crippen LogP contribution in [0.5, 0.6) is 0 Å². The maximum atomic E-state index is 9.58. The molecule has 1 fully saturated rings. The molecule has 1 aromatic carbocycles. The second-order valence-corrected chi connectivity index (χ2v) is 3.54. The van der Waals surface area contributed by atoms with Gasteiger partial charge in [-0.25, -0.2) is 0 Å². The van der Waals surface area contributed by atoms with Crippen molar-refractivity contribution in [3.05, 3.63) is 41.5 Å². The van der Waals surface area contributed by atoms with E-state index < -0.39 is 0 Å². The number of hydrogen-bond acceptors (Lipinski definition) is 1. The number of aliphatic hydroxyl groups excluding tert-OH is 1. The van der Waals surface area contributed by atoms with Crippen LogP contribution in [0, 0.1) is 0 Å². The summed E-state index contributed by atoms with van der Waals surface area (Å²) >= 11 is 0. The fraction of sp³-hybridized carbons (Fsp3) is 0.333. The molecule has 1 nitrogen and oxygen atoms in total. The molecule has 1 aliphatic rings. The second kappa shape index (κ2) is 3.75. The Bertz CT molecular complexity index is 300. The molecule has 0 amide bonds. The van der Waals surface area contributed by atoms with E-state index in [2.05, 4.69) is 18.2 Å². The maximum Gasteiger partial charge on any atom is 0.0753 e. The van der Waals surface area contributed by atoms with Crippen molar-refractivity contribution in [2.45, 2.75) is 25.4 Å². The van der Waals surface area contributed by atoms with E-state index in [1.807, 2.05) is 18.2 Å². The molecule has 1 aromatic rings. The minimum absolute atomic E-state index is 0.194. The molecule has 1 atom stereocenters. The van der Waals surface area contributed by atoms with Gasteiger partial charge in [-0.05, 0) is 30.4 Å². The van der Waals surface area contributed by atoms with Gasteiger partial charge in [-0.1, -0.05) is 36.4 Å². The molecule has 0 aromatic heterocycles. The van der Waals surface area contributed by atoms with Gasteiger partial charge < -0.3 is 5.11 Å². The molecule has 0 aliphatic heterocycles. The Morgan fingerprint density at radius 3 is 2.62 bits per heavy atom. The minimum atomic E-state index is -0.194. The predicted octanol–water partition coefficient (Wildman–Crippen LogP) is 2.61. The molecule has 2 rings (SSSR count). The fourth-order valence-corrected chi connectivity index (χ4v) is 1.78. The molecular formula is C12H14O. The van der Waals surface area contributed by atoms with Gasteiger partial charge in [0.25, 0.3) is 0 Å². The molecule has 13 heavy (non-hydrogen) atoms. The summed E-state index contributed by atoms with van der Waals surface area (Å²) in [5.41, 5.74) is 2.38. The zero-order chi connectivity index (χ0) is 9.10. The Kier molecular flexibility index (Phi) is 2.46.